The first-order valence-corrected chi connectivity index (χ1v) is 13.8. The van der Waals surface area contributed by atoms with Gasteiger partial charge in [0.1, 0.15) is 0 Å². The molecule has 0 N–H and O–H groups in total. The van der Waals surface area contributed by atoms with Crippen LogP contribution in [0.1, 0.15) is 59.9 Å². The molecule has 1 fully saturated rings. The molecule has 0 radical (unpaired) electrons. The predicted octanol–water partition coefficient (Wildman–Crippen LogP) is 9.50. The average Bonchev–Trinajstić information content (AvgIpc) is 3.10. The maximum absolute atomic E-state index is 5.82. The van der Waals surface area contributed by atoms with Crippen molar-refractivity contribution >= 4 is 36.1 Å². The Hall–Kier alpha value is -1.50. The number of benzene rings is 3. The van der Waals surface area contributed by atoms with Crippen molar-refractivity contribution in [1.82, 2.24) is 0 Å². The van der Waals surface area contributed by atoms with E-state index >= 15 is 0 Å². The monoisotopic (exact) mass is 449 g/mol. The summed E-state index contributed by atoms with van der Waals surface area (Å²) >= 11 is 4.57. The van der Waals surface area contributed by atoms with Gasteiger partial charge in [-0.2, -0.15) is 0 Å². The summed E-state index contributed by atoms with van der Waals surface area (Å²) in [6, 6.07) is 24.4. The molecule has 0 aromatic heterocycles. The predicted molar refractivity (Wildman–Crippen MR) is 142 cm³/mol. The second kappa shape index (κ2) is 7.82. The van der Waals surface area contributed by atoms with Crippen LogP contribution >= 0.6 is 19.7 Å². The van der Waals surface area contributed by atoms with Crippen molar-refractivity contribution in [2.45, 2.75) is 69.6 Å². The third kappa shape index (κ3) is 3.61. The van der Waals surface area contributed by atoms with Crippen molar-refractivity contribution in [3.05, 3.63) is 72.3 Å². The van der Waals surface area contributed by atoms with E-state index in [0.717, 1.165) is 10.6 Å². The largest absolute Gasteiger partial charge is 0.266 e. The molecule has 1 nitrogen and oxygen atoms in total. The van der Waals surface area contributed by atoms with Gasteiger partial charge in [0, 0.05) is 10.1 Å². The molecule has 1 aliphatic rings. The highest BCUT2D eigenvalue weighted by Crippen LogP contribution is 2.83. The van der Waals surface area contributed by atoms with E-state index in [9.17, 15) is 0 Å². The third-order valence-electron chi connectivity index (χ3n) is 7.37. The van der Waals surface area contributed by atoms with E-state index in [0.29, 0.717) is 0 Å². The molecule has 0 aliphatic carbocycles. The summed E-state index contributed by atoms with van der Waals surface area (Å²) in [6.07, 6.45) is 3.65. The van der Waals surface area contributed by atoms with Crippen LogP contribution in [-0.2, 0) is 5.16 Å². The molecule has 3 heteroatoms. The van der Waals surface area contributed by atoms with Crippen molar-refractivity contribution in [2.24, 2.45) is 10.2 Å². The Labute approximate surface area is 194 Å². The lowest BCUT2D eigenvalue weighted by Gasteiger charge is -2.55. The summed E-state index contributed by atoms with van der Waals surface area (Å²) in [5.74, 6) is 0. The number of thiol groups is 1. The molecule has 31 heavy (non-hydrogen) atoms. The van der Waals surface area contributed by atoms with Crippen LogP contribution in [-0.4, -0.2) is 11.3 Å². The minimum atomic E-state index is -1.83. The van der Waals surface area contributed by atoms with E-state index in [1.54, 1.807) is 0 Å². The van der Waals surface area contributed by atoms with Crippen LogP contribution in [0.3, 0.4) is 0 Å². The molecule has 3 aromatic rings. The summed E-state index contributed by atoms with van der Waals surface area (Å²) in [5.41, 5.74) is 2.69. The highest BCUT2D eigenvalue weighted by Gasteiger charge is 2.60. The zero-order chi connectivity index (χ0) is 22.5. The molecule has 2 atom stereocenters. The summed E-state index contributed by atoms with van der Waals surface area (Å²) in [4.78, 5) is 1.02. The van der Waals surface area contributed by atoms with Crippen LogP contribution in [0.15, 0.2) is 76.4 Å². The fourth-order valence-corrected chi connectivity index (χ4v) is 12.3. The number of rotatable bonds is 2. The first-order chi connectivity index (χ1) is 14.5. The number of nitrogens with zero attached hydrogens (tertiary/aromatic N) is 1. The van der Waals surface area contributed by atoms with Gasteiger partial charge in [-0.15, -0.1) is 12.6 Å². The van der Waals surface area contributed by atoms with Gasteiger partial charge in [0.2, 0.25) is 0 Å². The van der Waals surface area contributed by atoms with Crippen LogP contribution in [0, 0.1) is 5.41 Å². The Balaban J connectivity index is 2.06. The smallest absolute Gasteiger partial charge is 0.0620 e. The Kier molecular flexibility index (Phi) is 5.72. The molecule has 1 heterocycles. The fraction of sp³-hybridized carbons (Fsp3) is 0.429. The molecule has 2 unspecified atom stereocenters. The van der Waals surface area contributed by atoms with Gasteiger partial charge < -0.3 is 0 Å². The fourth-order valence-electron chi connectivity index (χ4n) is 6.03. The standard InChI is InChI=1S/C28H36NPS/c1-26(2,3)28(23-13-16-25(31)17-14-23)18-9-19-30(28,27(4,5)6)29-24-15-12-21-10-7-8-11-22(21)20-24/h7-8,10-17,20,31H,9,18-19H2,1-6H3. The van der Waals surface area contributed by atoms with E-state index in [-0.39, 0.29) is 15.7 Å². The number of hydrogen-bond donors (Lipinski definition) is 1. The van der Waals surface area contributed by atoms with Crippen LogP contribution < -0.4 is 0 Å². The lowest BCUT2D eigenvalue weighted by molar-refractivity contribution is 0.266. The van der Waals surface area contributed by atoms with Crippen molar-refractivity contribution in [3.8, 4) is 0 Å². The first-order valence-electron chi connectivity index (χ1n) is 11.4. The highest BCUT2D eigenvalue weighted by atomic mass is 32.1. The molecule has 3 aromatic carbocycles. The Morgan fingerprint density at radius 3 is 2.10 bits per heavy atom. The average molecular weight is 450 g/mol. The summed E-state index contributed by atoms with van der Waals surface area (Å²) in [6.45, 7) is 14.6. The topological polar surface area (TPSA) is 12.4 Å². The van der Waals surface area contributed by atoms with Gasteiger partial charge >= 0.3 is 0 Å². The van der Waals surface area contributed by atoms with Gasteiger partial charge in [-0.25, -0.2) is 0 Å². The van der Waals surface area contributed by atoms with E-state index in [1.807, 2.05) is 0 Å². The lowest BCUT2D eigenvalue weighted by atomic mass is 9.73. The van der Waals surface area contributed by atoms with Gasteiger partial charge in [-0.05, 0) is 77.2 Å². The van der Waals surface area contributed by atoms with Gasteiger partial charge in [0.05, 0.1) is 5.69 Å². The van der Waals surface area contributed by atoms with Crippen LogP contribution in [0.2, 0.25) is 0 Å². The van der Waals surface area contributed by atoms with Crippen molar-refractivity contribution in [2.75, 3.05) is 6.16 Å². The van der Waals surface area contributed by atoms with Gasteiger partial charge in [-0.3, -0.25) is 4.74 Å². The minimum absolute atomic E-state index is 0.0470. The number of fused-ring (bicyclic) bond motifs is 1. The maximum Gasteiger partial charge on any atom is 0.0620 e. The zero-order valence-corrected chi connectivity index (χ0v) is 21.6. The molecular formula is C28H36NPS. The molecule has 4 rings (SSSR count). The number of hydrogen-bond acceptors (Lipinski definition) is 2. The summed E-state index contributed by atoms with van der Waals surface area (Å²) < 4.78 is 5.82. The molecule has 0 spiro atoms. The molecule has 1 saturated heterocycles. The Morgan fingerprint density at radius 2 is 1.48 bits per heavy atom. The van der Waals surface area contributed by atoms with Crippen LogP contribution in [0.25, 0.3) is 10.8 Å². The van der Waals surface area contributed by atoms with E-state index in [4.69, 9.17) is 4.74 Å². The normalized spacial score (nSPS) is 24.5. The lowest BCUT2D eigenvalue weighted by Crippen LogP contribution is -2.42. The van der Waals surface area contributed by atoms with Gasteiger partial charge in [0.25, 0.3) is 0 Å². The van der Waals surface area contributed by atoms with Crippen LogP contribution in [0.5, 0.6) is 0 Å². The maximum atomic E-state index is 5.82. The molecule has 0 saturated carbocycles. The van der Waals surface area contributed by atoms with E-state index in [2.05, 4.69) is 121 Å². The van der Waals surface area contributed by atoms with E-state index < -0.39 is 7.05 Å². The SMILES string of the molecule is CC(C)(C)C1(c2ccc(S)cc2)CCCP1(=Nc1ccc2ccccc2c1)C(C)(C)C. The zero-order valence-electron chi connectivity index (χ0n) is 19.8. The molecule has 0 amide bonds. The Morgan fingerprint density at radius 1 is 0.839 bits per heavy atom. The molecule has 164 valence electrons. The van der Waals surface area contributed by atoms with Crippen LogP contribution in [0.4, 0.5) is 5.69 Å². The van der Waals surface area contributed by atoms with Gasteiger partial charge in [0.15, 0.2) is 0 Å². The summed E-state index contributed by atoms with van der Waals surface area (Å²) in [5, 5.41) is 2.71. The van der Waals surface area contributed by atoms with Gasteiger partial charge in [-0.1, -0.05) is 84.0 Å². The third-order valence-corrected chi connectivity index (χ3v) is 13.8. The highest BCUT2D eigenvalue weighted by molar-refractivity contribution is 7.80. The van der Waals surface area contributed by atoms with Crippen molar-refractivity contribution in [1.29, 1.82) is 0 Å². The molecular weight excluding hydrogens is 413 g/mol. The van der Waals surface area contributed by atoms with Crippen molar-refractivity contribution in [3.63, 3.8) is 0 Å². The second-order valence-electron chi connectivity index (χ2n) is 11.1. The second-order valence-corrected chi connectivity index (χ2v) is 15.9. The molecule has 1 aliphatic heterocycles. The minimum Gasteiger partial charge on any atom is -0.266 e. The van der Waals surface area contributed by atoms with Crippen molar-refractivity contribution < 1.29 is 0 Å². The molecule has 0 bridgehead atoms. The Bertz CT molecular complexity index is 1150. The van der Waals surface area contributed by atoms with E-state index in [1.165, 1.54) is 35.3 Å². The quantitative estimate of drug-likeness (QED) is 0.295. The first kappa shape index (κ1) is 22.7. The summed E-state index contributed by atoms with van der Waals surface area (Å²) in [7, 11) is -1.83.